The second kappa shape index (κ2) is 8.87. The van der Waals surface area contributed by atoms with Crippen molar-refractivity contribution in [1.82, 2.24) is 5.32 Å². The lowest BCUT2D eigenvalue weighted by molar-refractivity contribution is -0.125. The quantitative estimate of drug-likeness (QED) is 0.786. The second-order valence-corrected chi connectivity index (χ2v) is 7.46. The van der Waals surface area contributed by atoms with Crippen LogP contribution in [0.2, 0.25) is 0 Å². The summed E-state index contributed by atoms with van der Waals surface area (Å²) in [5.74, 6) is -0.481. The van der Waals surface area contributed by atoms with Crippen LogP contribution in [0.15, 0.2) is 36.4 Å². The minimum atomic E-state index is -0.272. The van der Waals surface area contributed by atoms with Crippen molar-refractivity contribution in [3.05, 3.63) is 64.5 Å². The number of anilines is 1. The van der Waals surface area contributed by atoms with Gasteiger partial charge in [0.2, 0.25) is 5.91 Å². The molecule has 1 aliphatic heterocycles. The molecule has 0 aromatic heterocycles. The van der Waals surface area contributed by atoms with Crippen LogP contribution in [0.3, 0.4) is 0 Å². The third-order valence-corrected chi connectivity index (χ3v) is 5.42. The highest BCUT2D eigenvalue weighted by atomic mass is 19.1. The summed E-state index contributed by atoms with van der Waals surface area (Å²) in [6.07, 6.45) is 1.31. The molecule has 0 spiro atoms. The maximum atomic E-state index is 13.6. The zero-order chi connectivity index (χ0) is 21.0. The number of benzene rings is 2. The summed E-state index contributed by atoms with van der Waals surface area (Å²) in [7, 11) is 0. The van der Waals surface area contributed by atoms with Gasteiger partial charge in [0.05, 0.1) is 11.6 Å². The van der Waals surface area contributed by atoms with Crippen molar-refractivity contribution in [2.24, 2.45) is 5.92 Å². The number of carbonyl (C=O) groups is 2. The van der Waals surface area contributed by atoms with E-state index in [4.69, 9.17) is 5.26 Å². The van der Waals surface area contributed by atoms with Crippen LogP contribution in [0.1, 0.15) is 46.8 Å². The van der Waals surface area contributed by atoms with Gasteiger partial charge in [-0.3, -0.25) is 9.59 Å². The van der Waals surface area contributed by atoms with E-state index in [9.17, 15) is 14.0 Å². The number of carbonyl (C=O) groups excluding carboxylic acids is 2. The van der Waals surface area contributed by atoms with E-state index < -0.39 is 0 Å². The summed E-state index contributed by atoms with van der Waals surface area (Å²) in [6, 6.07) is 12.2. The van der Waals surface area contributed by atoms with E-state index >= 15 is 0 Å². The summed E-state index contributed by atoms with van der Waals surface area (Å²) in [4.78, 5) is 26.5. The van der Waals surface area contributed by atoms with Gasteiger partial charge in [-0.05, 0) is 62.1 Å². The Balaban J connectivity index is 1.60. The van der Waals surface area contributed by atoms with Gasteiger partial charge in [0.15, 0.2) is 5.78 Å². The Morgan fingerprint density at radius 2 is 1.93 bits per heavy atom. The minimum absolute atomic E-state index is 0.0387. The van der Waals surface area contributed by atoms with Gasteiger partial charge in [-0.25, -0.2) is 4.39 Å². The Bertz CT molecular complexity index is 973. The van der Waals surface area contributed by atoms with Crippen molar-refractivity contribution in [2.75, 3.05) is 18.0 Å². The average Bonchev–Trinajstić information content (AvgIpc) is 2.74. The summed E-state index contributed by atoms with van der Waals surface area (Å²) in [5, 5.41) is 12.1. The fourth-order valence-corrected chi connectivity index (χ4v) is 3.62. The van der Waals surface area contributed by atoms with E-state index in [1.54, 1.807) is 31.2 Å². The highest BCUT2D eigenvalue weighted by Gasteiger charge is 2.26. The summed E-state index contributed by atoms with van der Waals surface area (Å²) < 4.78 is 13.6. The first-order chi connectivity index (χ1) is 13.9. The van der Waals surface area contributed by atoms with E-state index in [0.29, 0.717) is 49.2 Å². The van der Waals surface area contributed by atoms with E-state index in [1.807, 2.05) is 6.07 Å². The number of piperidine rings is 1. The summed E-state index contributed by atoms with van der Waals surface area (Å²) in [5.41, 5.74) is 3.17. The van der Waals surface area contributed by atoms with Crippen molar-refractivity contribution in [3.63, 3.8) is 0 Å². The Labute approximate surface area is 170 Å². The highest BCUT2D eigenvalue weighted by molar-refractivity contribution is 6.00. The number of nitriles is 1. The summed E-state index contributed by atoms with van der Waals surface area (Å²) >= 11 is 0. The van der Waals surface area contributed by atoms with E-state index in [1.165, 1.54) is 13.0 Å². The maximum Gasteiger partial charge on any atom is 0.223 e. The number of nitrogens with zero attached hydrogens (tertiary/aromatic N) is 2. The fraction of sp³-hybridized carbons (Fsp3) is 0.348. The molecule has 2 aromatic carbocycles. The number of aryl methyl sites for hydroxylation is 1. The predicted molar refractivity (Wildman–Crippen MR) is 109 cm³/mol. The fourth-order valence-electron chi connectivity index (χ4n) is 3.62. The predicted octanol–water partition coefficient (Wildman–Crippen LogP) is 3.74. The number of amides is 1. The van der Waals surface area contributed by atoms with E-state index in [-0.39, 0.29) is 23.4 Å². The lowest BCUT2D eigenvalue weighted by Crippen LogP contribution is -2.40. The van der Waals surface area contributed by atoms with Crippen LogP contribution in [-0.2, 0) is 11.3 Å². The van der Waals surface area contributed by atoms with Crippen LogP contribution in [0, 0.1) is 30.0 Å². The minimum Gasteiger partial charge on any atom is -0.371 e. The molecule has 29 heavy (non-hydrogen) atoms. The monoisotopic (exact) mass is 393 g/mol. The van der Waals surface area contributed by atoms with Crippen LogP contribution >= 0.6 is 0 Å². The second-order valence-electron chi connectivity index (χ2n) is 7.46. The molecule has 6 heteroatoms. The van der Waals surface area contributed by atoms with E-state index in [0.717, 1.165) is 11.3 Å². The number of halogens is 1. The average molecular weight is 393 g/mol. The third-order valence-electron chi connectivity index (χ3n) is 5.42. The van der Waals surface area contributed by atoms with Crippen LogP contribution in [0.5, 0.6) is 0 Å². The molecule has 0 atom stereocenters. The van der Waals surface area contributed by atoms with Gasteiger partial charge in [-0.1, -0.05) is 12.1 Å². The number of hydrogen-bond donors (Lipinski definition) is 1. The van der Waals surface area contributed by atoms with Gasteiger partial charge in [-0.2, -0.15) is 5.26 Å². The van der Waals surface area contributed by atoms with Crippen molar-refractivity contribution in [3.8, 4) is 6.07 Å². The zero-order valence-electron chi connectivity index (χ0n) is 16.7. The first-order valence-corrected chi connectivity index (χ1v) is 9.72. The van der Waals surface area contributed by atoms with Crippen molar-refractivity contribution < 1.29 is 14.0 Å². The van der Waals surface area contributed by atoms with Gasteiger partial charge in [0.25, 0.3) is 0 Å². The molecule has 1 fully saturated rings. The Hall–Kier alpha value is -3.20. The molecule has 2 aromatic rings. The molecule has 0 unspecified atom stereocenters. The molecule has 1 aliphatic rings. The van der Waals surface area contributed by atoms with Crippen molar-refractivity contribution in [1.29, 1.82) is 5.26 Å². The Morgan fingerprint density at radius 1 is 1.21 bits per heavy atom. The molecule has 0 bridgehead atoms. The molecule has 0 aliphatic carbocycles. The normalized spacial score (nSPS) is 14.3. The standard InChI is InChI=1S/C23H24FN3O2/c1-15-3-4-18(11-21(15)24)14-26-23(29)19-7-9-27(10-8-19)22-12-17(13-25)5-6-20(22)16(2)28/h3-6,11-12,19H,7-10,14H2,1-2H3,(H,26,29). The molecule has 0 saturated carbocycles. The molecule has 3 rings (SSSR count). The van der Waals surface area contributed by atoms with Crippen LogP contribution in [0.4, 0.5) is 10.1 Å². The number of ketones is 1. The molecule has 1 amide bonds. The number of Topliss-reactive ketones (excluding diaryl/α,β-unsaturated/α-hetero) is 1. The molecule has 5 nitrogen and oxygen atoms in total. The van der Waals surface area contributed by atoms with Crippen LogP contribution < -0.4 is 10.2 Å². The highest BCUT2D eigenvalue weighted by Crippen LogP contribution is 2.28. The van der Waals surface area contributed by atoms with Gasteiger partial charge < -0.3 is 10.2 Å². The first kappa shape index (κ1) is 20.5. The SMILES string of the molecule is CC(=O)c1ccc(C#N)cc1N1CCC(C(=O)NCc2ccc(C)c(F)c2)CC1. The molecule has 150 valence electrons. The van der Waals surface area contributed by atoms with Crippen LogP contribution in [-0.4, -0.2) is 24.8 Å². The number of rotatable bonds is 5. The number of nitrogens with one attached hydrogen (secondary N) is 1. The maximum absolute atomic E-state index is 13.6. The molecule has 1 heterocycles. The first-order valence-electron chi connectivity index (χ1n) is 9.72. The van der Waals surface area contributed by atoms with Gasteiger partial charge >= 0.3 is 0 Å². The molecular formula is C23H24FN3O2. The van der Waals surface area contributed by atoms with Gasteiger partial charge in [0.1, 0.15) is 5.82 Å². The Kier molecular flexibility index (Phi) is 6.28. The van der Waals surface area contributed by atoms with Crippen molar-refractivity contribution in [2.45, 2.75) is 33.2 Å². The van der Waals surface area contributed by atoms with E-state index in [2.05, 4.69) is 16.3 Å². The van der Waals surface area contributed by atoms with Crippen molar-refractivity contribution >= 4 is 17.4 Å². The third kappa shape index (κ3) is 4.80. The molecular weight excluding hydrogens is 369 g/mol. The lowest BCUT2D eigenvalue weighted by atomic mass is 9.94. The largest absolute Gasteiger partial charge is 0.371 e. The Morgan fingerprint density at radius 3 is 2.55 bits per heavy atom. The zero-order valence-corrected chi connectivity index (χ0v) is 16.7. The molecule has 0 radical (unpaired) electrons. The topological polar surface area (TPSA) is 73.2 Å². The molecule has 1 N–H and O–H groups in total. The van der Waals surface area contributed by atoms with Gasteiger partial charge in [-0.15, -0.1) is 0 Å². The molecule has 1 saturated heterocycles. The smallest absolute Gasteiger partial charge is 0.223 e. The summed E-state index contributed by atoms with van der Waals surface area (Å²) in [6.45, 7) is 4.78. The lowest BCUT2D eigenvalue weighted by Gasteiger charge is -2.34. The van der Waals surface area contributed by atoms with Crippen LogP contribution in [0.25, 0.3) is 0 Å². The van der Waals surface area contributed by atoms with Gasteiger partial charge in [0, 0.05) is 36.8 Å². The number of hydrogen-bond acceptors (Lipinski definition) is 4.